The lowest BCUT2D eigenvalue weighted by Crippen LogP contribution is -2.46. The standard InChI is InChI=1S/C13H17Cl2NO/c1-8(16-13(2,3)4)12(17)9-6-5-7-10(14)11(9)15/h5-8,16H,1-4H3. The van der Waals surface area contributed by atoms with E-state index in [2.05, 4.69) is 5.32 Å². The summed E-state index contributed by atoms with van der Waals surface area (Å²) in [4.78, 5) is 12.2. The molecule has 0 saturated heterocycles. The van der Waals surface area contributed by atoms with Crippen LogP contribution in [0.25, 0.3) is 0 Å². The normalized spacial score (nSPS) is 13.5. The quantitative estimate of drug-likeness (QED) is 0.845. The van der Waals surface area contributed by atoms with Gasteiger partial charge < -0.3 is 5.32 Å². The molecule has 0 amide bonds. The Balaban J connectivity index is 2.93. The van der Waals surface area contributed by atoms with Crippen molar-refractivity contribution in [1.82, 2.24) is 5.32 Å². The van der Waals surface area contributed by atoms with E-state index in [-0.39, 0.29) is 17.4 Å². The summed E-state index contributed by atoms with van der Waals surface area (Å²) in [6, 6.07) is 4.79. The molecule has 0 radical (unpaired) electrons. The molecule has 94 valence electrons. The van der Waals surface area contributed by atoms with E-state index < -0.39 is 0 Å². The number of halogens is 2. The molecule has 1 N–H and O–H groups in total. The van der Waals surface area contributed by atoms with Gasteiger partial charge >= 0.3 is 0 Å². The average molecular weight is 274 g/mol. The second kappa shape index (κ2) is 5.38. The van der Waals surface area contributed by atoms with E-state index in [1.807, 2.05) is 27.7 Å². The van der Waals surface area contributed by atoms with Gasteiger partial charge in [-0.25, -0.2) is 0 Å². The first-order valence-corrected chi connectivity index (χ1v) is 6.24. The van der Waals surface area contributed by atoms with Crippen LogP contribution in [0.5, 0.6) is 0 Å². The van der Waals surface area contributed by atoms with Crippen molar-refractivity contribution >= 4 is 29.0 Å². The number of ketones is 1. The second-order valence-corrected chi connectivity index (χ2v) is 5.87. The summed E-state index contributed by atoms with van der Waals surface area (Å²) in [5.41, 5.74) is 0.337. The predicted molar refractivity (Wildman–Crippen MR) is 73.1 cm³/mol. The molecular weight excluding hydrogens is 257 g/mol. The third-order valence-corrected chi connectivity index (χ3v) is 3.08. The van der Waals surface area contributed by atoms with Gasteiger partial charge in [-0.2, -0.15) is 0 Å². The predicted octanol–water partition coefficient (Wildman–Crippen LogP) is 3.95. The van der Waals surface area contributed by atoms with Crippen LogP contribution in [0.3, 0.4) is 0 Å². The number of nitrogens with one attached hydrogen (secondary N) is 1. The van der Waals surface area contributed by atoms with Crippen molar-refractivity contribution in [2.75, 3.05) is 0 Å². The first-order chi connectivity index (χ1) is 7.72. The summed E-state index contributed by atoms with van der Waals surface area (Å²) in [5.74, 6) is -0.0487. The van der Waals surface area contributed by atoms with E-state index in [9.17, 15) is 4.79 Å². The molecule has 1 aromatic carbocycles. The van der Waals surface area contributed by atoms with Gasteiger partial charge in [0.05, 0.1) is 16.1 Å². The minimum Gasteiger partial charge on any atom is -0.303 e. The van der Waals surface area contributed by atoms with Crippen molar-refractivity contribution in [2.24, 2.45) is 0 Å². The highest BCUT2D eigenvalue weighted by atomic mass is 35.5. The summed E-state index contributed by atoms with van der Waals surface area (Å²) >= 11 is 11.9. The summed E-state index contributed by atoms with van der Waals surface area (Å²) < 4.78 is 0. The molecule has 0 spiro atoms. The zero-order valence-corrected chi connectivity index (χ0v) is 12.0. The van der Waals surface area contributed by atoms with E-state index in [1.54, 1.807) is 18.2 Å². The van der Waals surface area contributed by atoms with Crippen LogP contribution in [0.4, 0.5) is 0 Å². The largest absolute Gasteiger partial charge is 0.303 e. The fourth-order valence-electron chi connectivity index (χ4n) is 1.64. The first-order valence-electron chi connectivity index (χ1n) is 5.48. The number of rotatable bonds is 3. The maximum absolute atomic E-state index is 12.2. The highest BCUT2D eigenvalue weighted by Gasteiger charge is 2.22. The molecule has 0 aliphatic rings. The summed E-state index contributed by atoms with van der Waals surface area (Å²) in [6.45, 7) is 7.86. The maximum Gasteiger partial charge on any atom is 0.181 e. The number of hydrogen-bond donors (Lipinski definition) is 1. The SMILES string of the molecule is CC(NC(C)(C)C)C(=O)c1cccc(Cl)c1Cl. The van der Waals surface area contributed by atoms with Crippen LogP contribution in [0.15, 0.2) is 18.2 Å². The van der Waals surface area contributed by atoms with Crippen LogP contribution in [0, 0.1) is 0 Å². The number of benzene rings is 1. The molecule has 4 heteroatoms. The lowest BCUT2D eigenvalue weighted by atomic mass is 10.0. The number of carbonyl (C=O) groups excluding carboxylic acids is 1. The third kappa shape index (κ3) is 3.98. The van der Waals surface area contributed by atoms with Crippen molar-refractivity contribution in [1.29, 1.82) is 0 Å². The summed E-state index contributed by atoms with van der Waals surface area (Å²) in [7, 11) is 0. The Morgan fingerprint density at radius 3 is 2.41 bits per heavy atom. The van der Waals surface area contributed by atoms with E-state index >= 15 is 0 Å². The molecule has 0 bridgehead atoms. The Morgan fingerprint density at radius 1 is 1.29 bits per heavy atom. The maximum atomic E-state index is 12.2. The van der Waals surface area contributed by atoms with E-state index in [1.165, 1.54) is 0 Å². The van der Waals surface area contributed by atoms with Crippen LogP contribution < -0.4 is 5.32 Å². The Kier molecular flexibility index (Phi) is 4.59. The van der Waals surface area contributed by atoms with Crippen molar-refractivity contribution < 1.29 is 4.79 Å². The van der Waals surface area contributed by atoms with Crippen LogP contribution >= 0.6 is 23.2 Å². The van der Waals surface area contributed by atoms with Gasteiger partial charge in [-0.05, 0) is 39.8 Å². The van der Waals surface area contributed by atoms with Gasteiger partial charge in [0, 0.05) is 11.1 Å². The van der Waals surface area contributed by atoms with E-state index in [4.69, 9.17) is 23.2 Å². The second-order valence-electron chi connectivity index (χ2n) is 5.08. The van der Waals surface area contributed by atoms with Crippen LogP contribution in [-0.2, 0) is 0 Å². The molecule has 0 aliphatic heterocycles. The highest BCUT2D eigenvalue weighted by Crippen LogP contribution is 2.26. The first kappa shape index (κ1) is 14.5. The molecule has 1 rings (SSSR count). The summed E-state index contributed by atoms with van der Waals surface area (Å²) in [6.07, 6.45) is 0. The molecule has 1 unspecified atom stereocenters. The van der Waals surface area contributed by atoms with Crippen LogP contribution in [0.2, 0.25) is 10.0 Å². The van der Waals surface area contributed by atoms with E-state index in [0.29, 0.717) is 15.6 Å². The smallest absolute Gasteiger partial charge is 0.181 e. The van der Waals surface area contributed by atoms with Gasteiger partial charge in [-0.3, -0.25) is 4.79 Å². The molecule has 0 saturated carbocycles. The monoisotopic (exact) mass is 273 g/mol. The van der Waals surface area contributed by atoms with Crippen LogP contribution in [-0.4, -0.2) is 17.4 Å². The Bertz CT molecular complexity index is 424. The van der Waals surface area contributed by atoms with Gasteiger partial charge in [0.1, 0.15) is 0 Å². The molecule has 0 fully saturated rings. The lowest BCUT2D eigenvalue weighted by molar-refractivity contribution is 0.0936. The number of Topliss-reactive ketones (excluding diaryl/α,β-unsaturated/α-hetero) is 1. The molecule has 1 atom stereocenters. The van der Waals surface area contributed by atoms with Gasteiger partial charge in [0.2, 0.25) is 0 Å². The zero-order chi connectivity index (χ0) is 13.2. The van der Waals surface area contributed by atoms with Crippen molar-refractivity contribution in [3.8, 4) is 0 Å². The molecule has 2 nitrogen and oxygen atoms in total. The molecule has 0 aliphatic carbocycles. The molecule has 0 heterocycles. The fraction of sp³-hybridized carbons (Fsp3) is 0.462. The zero-order valence-electron chi connectivity index (χ0n) is 10.5. The Labute approximate surface area is 112 Å². The summed E-state index contributed by atoms with van der Waals surface area (Å²) in [5, 5.41) is 3.94. The van der Waals surface area contributed by atoms with Gasteiger partial charge in [-0.15, -0.1) is 0 Å². The van der Waals surface area contributed by atoms with E-state index in [0.717, 1.165) is 0 Å². The Hall–Kier alpha value is -0.570. The average Bonchev–Trinajstić information content (AvgIpc) is 2.18. The van der Waals surface area contributed by atoms with Gasteiger partial charge in [-0.1, -0.05) is 29.3 Å². The topological polar surface area (TPSA) is 29.1 Å². The number of hydrogen-bond acceptors (Lipinski definition) is 2. The van der Waals surface area contributed by atoms with Crippen molar-refractivity contribution in [3.05, 3.63) is 33.8 Å². The molecule has 17 heavy (non-hydrogen) atoms. The number of carbonyl (C=O) groups is 1. The van der Waals surface area contributed by atoms with Crippen molar-refractivity contribution in [3.63, 3.8) is 0 Å². The molecular formula is C13H17Cl2NO. The fourth-order valence-corrected chi connectivity index (χ4v) is 2.04. The minimum absolute atomic E-state index is 0.0487. The Morgan fingerprint density at radius 2 is 1.88 bits per heavy atom. The molecule has 0 aromatic heterocycles. The van der Waals surface area contributed by atoms with Gasteiger partial charge in [0.25, 0.3) is 0 Å². The minimum atomic E-state index is -0.300. The van der Waals surface area contributed by atoms with Crippen molar-refractivity contribution in [2.45, 2.75) is 39.3 Å². The molecule has 1 aromatic rings. The highest BCUT2D eigenvalue weighted by molar-refractivity contribution is 6.44. The van der Waals surface area contributed by atoms with Gasteiger partial charge in [0.15, 0.2) is 5.78 Å². The van der Waals surface area contributed by atoms with Crippen LogP contribution in [0.1, 0.15) is 38.1 Å². The lowest BCUT2D eigenvalue weighted by Gasteiger charge is -2.25. The third-order valence-electron chi connectivity index (χ3n) is 2.26.